The van der Waals surface area contributed by atoms with Gasteiger partial charge in [-0.25, -0.2) is 9.78 Å². The Bertz CT molecular complexity index is 1210. The van der Waals surface area contributed by atoms with Crippen molar-refractivity contribution in [2.24, 2.45) is 0 Å². The molecule has 9 heteroatoms. The van der Waals surface area contributed by atoms with Gasteiger partial charge in [0.2, 0.25) is 5.91 Å². The molecule has 1 atom stereocenters. The highest BCUT2D eigenvalue weighted by Gasteiger charge is 2.20. The Labute approximate surface area is 195 Å². The SMILES string of the molecule is CCCNC(=O)C(C)Sc1nc2cc(C(=O)OC)ccc2c(=O)n1Cc1ccccc1Cl. The Morgan fingerprint density at radius 2 is 2.00 bits per heavy atom. The molecule has 1 amide bonds. The van der Waals surface area contributed by atoms with E-state index in [4.69, 9.17) is 16.3 Å². The molecule has 7 nitrogen and oxygen atoms in total. The van der Waals surface area contributed by atoms with Gasteiger partial charge in [-0.3, -0.25) is 14.2 Å². The maximum absolute atomic E-state index is 13.4. The molecule has 0 saturated carbocycles. The summed E-state index contributed by atoms with van der Waals surface area (Å²) in [5, 5.41) is 3.63. The van der Waals surface area contributed by atoms with Crippen LogP contribution in [-0.4, -0.2) is 40.3 Å². The third-order valence-electron chi connectivity index (χ3n) is 4.83. The van der Waals surface area contributed by atoms with Crippen molar-refractivity contribution in [3.63, 3.8) is 0 Å². The summed E-state index contributed by atoms with van der Waals surface area (Å²) in [5.74, 6) is -0.658. The molecule has 3 aromatic rings. The van der Waals surface area contributed by atoms with Crippen LogP contribution < -0.4 is 10.9 Å². The second-order valence-corrected chi connectivity index (χ2v) is 8.87. The number of methoxy groups -OCH3 is 1. The molecule has 0 radical (unpaired) electrons. The first-order valence-corrected chi connectivity index (χ1v) is 11.4. The van der Waals surface area contributed by atoms with Crippen molar-refractivity contribution in [1.29, 1.82) is 0 Å². The Hall–Kier alpha value is -2.84. The molecule has 0 aliphatic carbocycles. The van der Waals surface area contributed by atoms with Crippen LogP contribution in [-0.2, 0) is 16.1 Å². The molecule has 0 fully saturated rings. The van der Waals surface area contributed by atoms with Crippen LogP contribution in [0.5, 0.6) is 0 Å². The van der Waals surface area contributed by atoms with Crippen molar-refractivity contribution in [2.75, 3.05) is 13.7 Å². The molecule has 1 heterocycles. The fourth-order valence-corrected chi connectivity index (χ4v) is 4.20. The maximum Gasteiger partial charge on any atom is 0.337 e. The molecule has 2 aromatic carbocycles. The van der Waals surface area contributed by atoms with Gasteiger partial charge in [0, 0.05) is 11.6 Å². The quantitative estimate of drug-likeness (QED) is 0.303. The molecule has 0 aliphatic rings. The van der Waals surface area contributed by atoms with Gasteiger partial charge in [0.05, 0.1) is 35.4 Å². The van der Waals surface area contributed by atoms with E-state index in [0.29, 0.717) is 33.2 Å². The molecule has 0 saturated heterocycles. The molecule has 3 rings (SSSR count). The fourth-order valence-electron chi connectivity index (χ4n) is 3.08. The number of thioether (sulfide) groups is 1. The number of nitrogens with zero attached hydrogens (tertiary/aromatic N) is 2. The molecule has 0 aliphatic heterocycles. The minimum absolute atomic E-state index is 0.140. The molecular weight excluding hydrogens is 450 g/mol. The predicted molar refractivity (Wildman–Crippen MR) is 127 cm³/mol. The normalized spacial score (nSPS) is 11.9. The fraction of sp³-hybridized carbons (Fsp3) is 0.304. The van der Waals surface area contributed by atoms with Crippen molar-refractivity contribution in [3.05, 3.63) is 69.0 Å². The molecular formula is C23H24ClN3O4S. The summed E-state index contributed by atoms with van der Waals surface area (Å²) >= 11 is 7.51. The third kappa shape index (κ3) is 5.31. The maximum atomic E-state index is 13.4. The number of fused-ring (bicyclic) bond motifs is 1. The van der Waals surface area contributed by atoms with Crippen LogP contribution in [0.3, 0.4) is 0 Å². The average molecular weight is 474 g/mol. The van der Waals surface area contributed by atoms with E-state index in [1.807, 2.05) is 25.1 Å². The van der Waals surface area contributed by atoms with E-state index >= 15 is 0 Å². The molecule has 1 N–H and O–H groups in total. The van der Waals surface area contributed by atoms with Gasteiger partial charge >= 0.3 is 5.97 Å². The monoisotopic (exact) mass is 473 g/mol. The number of halogens is 1. The number of nitrogens with one attached hydrogen (secondary N) is 1. The summed E-state index contributed by atoms with van der Waals surface area (Å²) in [7, 11) is 1.29. The Balaban J connectivity index is 2.11. The molecule has 1 aromatic heterocycles. The number of carbonyl (C=O) groups is 2. The number of esters is 1. The lowest BCUT2D eigenvalue weighted by molar-refractivity contribution is -0.120. The highest BCUT2D eigenvalue weighted by Crippen LogP contribution is 2.25. The van der Waals surface area contributed by atoms with Gasteiger partial charge in [0.1, 0.15) is 0 Å². The number of amides is 1. The summed E-state index contributed by atoms with van der Waals surface area (Å²) in [4.78, 5) is 42.4. The standard InChI is InChI=1S/C23H24ClN3O4S/c1-4-11-25-20(28)14(2)32-23-26-19-12-15(22(30)31-3)9-10-17(19)21(29)27(23)13-16-7-5-6-8-18(16)24/h5-10,12,14H,4,11,13H2,1-3H3,(H,25,28). The summed E-state index contributed by atoms with van der Waals surface area (Å²) in [6.07, 6.45) is 0.824. The lowest BCUT2D eigenvalue weighted by atomic mass is 10.1. The zero-order chi connectivity index (χ0) is 23.3. The van der Waals surface area contributed by atoms with Crippen LogP contribution in [0.4, 0.5) is 0 Å². The highest BCUT2D eigenvalue weighted by molar-refractivity contribution is 8.00. The molecule has 0 spiro atoms. The Morgan fingerprint density at radius 3 is 2.69 bits per heavy atom. The van der Waals surface area contributed by atoms with E-state index in [9.17, 15) is 14.4 Å². The van der Waals surface area contributed by atoms with Crippen LogP contribution in [0.15, 0.2) is 52.4 Å². The van der Waals surface area contributed by atoms with Gasteiger partial charge in [0.25, 0.3) is 5.56 Å². The lowest BCUT2D eigenvalue weighted by Crippen LogP contribution is -2.32. The van der Waals surface area contributed by atoms with Gasteiger partial charge in [0.15, 0.2) is 5.16 Å². The molecule has 1 unspecified atom stereocenters. The first kappa shape index (κ1) is 23.8. The second-order valence-electron chi connectivity index (χ2n) is 7.15. The van der Waals surface area contributed by atoms with Crippen molar-refractivity contribution in [2.45, 2.75) is 37.2 Å². The van der Waals surface area contributed by atoms with Crippen LogP contribution in [0.25, 0.3) is 10.9 Å². The Kier molecular flexibility index (Phi) is 7.93. The number of hydrogen-bond acceptors (Lipinski definition) is 6. The largest absolute Gasteiger partial charge is 0.465 e. The topological polar surface area (TPSA) is 90.3 Å². The van der Waals surface area contributed by atoms with Gasteiger partial charge in [-0.05, 0) is 43.2 Å². The van der Waals surface area contributed by atoms with E-state index in [2.05, 4.69) is 10.3 Å². The smallest absolute Gasteiger partial charge is 0.337 e. The van der Waals surface area contributed by atoms with E-state index in [0.717, 1.165) is 12.0 Å². The number of carbonyl (C=O) groups excluding carboxylic acids is 2. The lowest BCUT2D eigenvalue weighted by Gasteiger charge is -2.17. The van der Waals surface area contributed by atoms with Crippen LogP contribution >= 0.6 is 23.4 Å². The van der Waals surface area contributed by atoms with Gasteiger partial charge in [-0.15, -0.1) is 0 Å². The summed E-state index contributed by atoms with van der Waals surface area (Å²) in [6, 6.07) is 11.9. The van der Waals surface area contributed by atoms with Gasteiger partial charge < -0.3 is 10.1 Å². The van der Waals surface area contributed by atoms with E-state index in [-0.39, 0.29) is 18.0 Å². The first-order chi connectivity index (χ1) is 15.3. The van der Waals surface area contributed by atoms with Gasteiger partial charge in [-0.1, -0.05) is 48.5 Å². The zero-order valence-corrected chi connectivity index (χ0v) is 19.6. The Morgan fingerprint density at radius 1 is 1.25 bits per heavy atom. The zero-order valence-electron chi connectivity index (χ0n) is 18.1. The van der Waals surface area contributed by atoms with E-state index < -0.39 is 11.2 Å². The number of aromatic nitrogens is 2. The predicted octanol–water partition coefficient (Wildman–Crippen LogP) is 3.89. The van der Waals surface area contributed by atoms with Gasteiger partial charge in [-0.2, -0.15) is 0 Å². The number of ether oxygens (including phenoxy) is 1. The minimum Gasteiger partial charge on any atom is -0.465 e. The average Bonchev–Trinajstić information content (AvgIpc) is 2.80. The minimum atomic E-state index is -0.518. The summed E-state index contributed by atoms with van der Waals surface area (Å²) in [5.41, 5.74) is 1.13. The number of rotatable bonds is 8. The van der Waals surface area contributed by atoms with E-state index in [1.165, 1.54) is 35.6 Å². The van der Waals surface area contributed by atoms with Crippen LogP contribution in [0.1, 0.15) is 36.2 Å². The van der Waals surface area contributed by atoms with Crippen molar-refractivity contribution < 1.29 is 14.3 Å². The molecule has 168 valence electrons. The number of benzene rings is 2. The van der Waals surface area contributed by atoms with Crippen molar-refractivity contribution in [3.8, 4) is 0 Å². The second kappa shape index (κ2) is 10.7. The van der Waals surface area contributed by atoms with Crippen LogP contribution in [0, 0.1) is 0 Å². The first-order valence-electron chi connectivity index (χ1n) is 10.2. The van der Waals surface area contributed by atoms with E-state index in [1.54, 1.807) is 19.1 Å². The van der Waals surface area contributed by atoms with Crippen LogP contribution in [0.2, 0.25) is 5.02 Å². The molecule has 0 bridgehead atoms. The number of hydrogen-bond donors (Lipinski definition) is 1. The summed E-state index contributed by atoms with van der Waals surface area (Å²) in [6.45, 7) is 4.51. The van der Waals surface area contributed by atoms with Crippen molar-refractivity contribution in [1.82, 2.24) is 14.9 Å². The summed E-state index contributed by atoms with van der Waals surface area (Å²) < 4.78 is 6.28. The molecule has 32 heavy (non-hydrogen) atoms. The van der Waals surface area contributed by atoms with Crippen molar-refractivity contribution >= 4 is 46.1 Å². The third-order valence-corrected chi connectivity index (χ3v) is 6.29. The highest BCUT2D eigenvalue weighted by atomic mass is 35.5.